The van der Waals surface area contributed by atoms with Gasteiger partial charge >= 0.3 is 0 Å². The number of methoxy groups -OCH3 is 3. The zero-order valence-corrected chi connectivity index (χ0v) is 13.0. The van der Waals surface area contributed by atoms with Crippen molar-refractivity contribution in [2.45, 2.75) is 6.54 Å². The fraction of sp³-hybridized carbons (Fsp3) is 0.250. The van der Waals surface area contributed by atoms with Crippen LogP contribution >= 0.6 is 11.6 Å². The molecule has 21 heavy (non-hydrogen) atoms. The summed E-state index contributed by atoms with van der Waals surface area (Å²) >= 11 is 6.02. The zero-order valence-electron chi connectivity index (χ0n) is 12.3. The molecule has 0 atom stereocenters. The van der Waals surface area contributed by atoms with E-state index in [4.69, 9.17) is 25.8 Å². The maximum absolute atomic E-state index is 6.02. The average molecular weight is 308 g/mol. The SMILES string of the molecule is COc1ccc(OC)c(CNc2cc(Cl)ccc2OC)c1. The van der Waals surface area contributed by atoms with Gasteiger partial charge in [0.2, 0.25) is 0 Å². The Balaban J connectivity index is 2.21. The van der Waals surface area contributed by atoms with E-state index in [9.17, 15) is 0 Å². The van der Waals surface area contributed by atoms with E-state index in [0.29, 0.717) is 11.6 Å². The van der Waals surface area contributed by atoms with Crippen LogP contribution in [-0.4, -0.2) is 21.3 Å². The molecule has 0 spiro atoms. The molecule has 0 aliphatic heterocycles. The Labute approximate surface area is 129 Å². The van der Waals surface area contributed by atoms with Crippen molar-refractivity contribution >= 4 is 17.3 Å². The Morgan fingerprint density at radius 2 is 1.62 bits per heavy atom. The van der Waals surface area contributed by atoms with Crippen molar-refractivity contribution < 1.29 is 14.2 Å². The van der Waals surface area contributed by atoms with E-state index in [1.54, 1.807) is 27.4 Å². The number of ether oxygens (including phenoxy) is 3. The highest BCUT2D eigenvalue weighted by atomic mass is 35.5. The summed E-state index contributed by atoms with van der Waals surface area (Å²) < 4.78 is 15.9. The van der Waals surface area contributed by atoms with E-state index in [0.717, 1.165) is 28.5 Å². The topological polar surface area (TPSA) is 39.7 Å². The maximum Gasteiger partial charge on any atom is 0.142 e. The Bertz CT molecular complexity index is 616. The molecule has 2 rings (SSSR count). The second kappa shape index (κ2) is 7.09. The van der Waals surface area contributed by atoms with E-state index < -0.39 is 0 Å². The molecule has 0 aromatic heterocycles. The Morgan fingerprint density at radius 3 is 2.29 bits per heavy atom. The highest BCUT2D eigenvalue weighted by molar-refractivity contribution is 6.30. The van der Waals surface area contributed by atoms with E-state index in [-0.39, 0.29) is 0 Å². The molecule has 0 fully saturated rings. The normalized spacial score (nSPS) is 10.1. The molecule has 112 valence electrons. The molecule has 0 heterocycles. The number of hydrogen-bond donors (Lipinski definition) is 1. The summed E-state index contributed by atoms with van der Waals surface area (Å²) in [6, 6.07) is 11.1. The summed E-state index contributed by atoms with van der Waals surface area (Å²) in [6.45, 7) is 0.567. The molecular weight excluding hydrogens is 290 g/mol. The first-order valence-corrected chi connectivity index (χ1v) is 6.84. The highest BCUT2D eigenvalue weighted by Gasteiger charge is 2.08. The molecule has 5 heteroatoms. The molecule has 0 bridgehead atoms. The van der Waals surface area contributed by atoms with Crippen LogP contribution in [0.5, 0.6) is 17.2 Å². The fourth-order valence-corrected chi connectivity index (χ4v) is 2.20. The number of benzene rings is 2. The standard InChI is InChI=1S/C16H18ClNO3/c1-19-13-5-7-15(20-2)11(8-13)10-18-14-9-12(17)4-6-16(14)21-3/h4-9,18H,10H2,1-3H3. The van der Waals surface area contributed by atoms with Gasteiger partial charge in [-0.25, -0.2) is 0 Å². The van der Waals surface area contributed by atoms with Gasteiger partial charge in [-0.2, -0.15) is 0 Å². The molecule has 0 aliphatic carbocycles. The first-order valence-electron chi connectivity index (χ1n) is 6.46. The minimum Gasteiger partial charge on any atom is -0.497 e. The molecule has 1 N–H and O–H groups in total. The monoisotopic (exact) mass is 307 g/mol. The zero-order chi connectivity index (χ0) is 15.2. The Kier molecular flexibility index (Phi) is 5.17. The van der Waals surface area contributed by atoms with Crippen molar-refractivity contribution in [2.75, 3.05) is 26.6 Å². The molecule has 2 aromatic rings. The van der Waals surface area contributed by atoms with Crippen molar-refractivity contribution in [1.82, 2.24) is 0 Å². The lowest BCUT2D eigenvalue weighted by atomic mass is 10.1. The second-order valence-electron chi connectivity index (χ2n) is 4.38. The van der Waals surface area contributed by atoms with Gasteiger partial charge in [-0.3, -0.25) is 0 Å². The number of halogens is 1. The minimum absolute atomic E-state index is 0.567. The molecule has 0 aliphatic rings. The van der Waals surface area contributed by atoms with Gasteiger partial charge in [0, 0.05) is 17.1 Å². The maximum atomic E-state index is 6.02. The lowest BCUT2D eigenvalue weighted by molar-refractivity contribution is 0.399. The minimum atomic E-state index is 0.567. The van der Waals surface area contributed by atoms with Gasteiger partial charge in [-0.1, -0.05) is 11.6 Å². The smallest absolute Gasteiger partial charge is 0.142 e. The quantitative estimate of drug-likeness (QED) is 0.876. The van der Waals surface area contributed by atoms with Crippen LogP contribution < -0.4 is 19.5 Å². The van der Waals surface area contributed by atoms with Crippen LogP contribution in [0.4, 0.5) is 5.69 Å². The van der Waals surface area contributed by atoms with Gasteiger partial charge in [0.25, 0.3) is 0 Å². The third-order valence-corrected chi connectivity index (χ3v) is 3.35. The van der Waals surface area contributed by atoms with Crippen molar-refractivity contribution in [3.8, 4) is 17.2 Å². The summed E-state index contributed by atoms with van der Waals surface area (Å²) in [5.74, 6) is 2.32. The summed E-state index contributed by atoms with van der Waals surface area (Å²) in [7, 11) is 4.91. The predicted molar refractivity (Wildman–Crippen MR) is 84.9 cm³/mol. The average Bonchev–Trinajstić information content (AvgIpc) is 2.52. The molecule has 2 aromatic carbocycles. The third kappa shape index (κ3) is 3.73. The lowest BCUT2D eigenvalue weighted by Crippen LogP contribution is -2.03. The first kappa shape index (κ1) is 15.3. The van der Waals surface area contributed by atoms with Crippen LogP contribution in [0, 0.1) is 0 Å². The summed E-state index contributed by atoms with van der Waals surface area (Å²) in [6.07, 6.45) is 0. The molecular formula is C16H18ClNO3. The van der Waals surface area contributed by atoms with E-state index in [1.807, 2.05) is 30.3 Å². The molecule has 0 amide bonds. The summed E-state index contributed by atoms with van der Waals surface area (Å²) in [5, 5.41) is 3.95. The predicted octanol–water partition coefficient (Wildman–Crippen LogP) is 3.98. The first-order chi connectivity index (χ1) is 10.2. The Hall–Kier alpha value is -2.07. The van der Waals surface area contributed by atoms with Gasteiger partial charge in [-0.05, 0) is 36.4 Å². The molecule has 0 saturated heterocycles. The van der Waals surface area contributed by atoms with Crippen molar-refractivity contribution in [1.29, 1.82) is 0 Å². The van der Waals surface area contributed by atoms with Crippen molar-refractivity contribution in [3.05, 3.63) is 47.0 Å². The number of hydrogen-bond acceptors (Lipinski definition) is 4. The van der Waals surface area contributed by atoms with Crippen molar-refractivity contribution in [2.24, 2.45) is 0 Å². The van der Waals surface area contributed by atoms with E-state index >= 15 is 0 Å². The van der Waals surface area contributed by atoms with Gasteiger partial charge < -0.3 is 19.5 Å². The van der Waals surface area contributed by atoms with Crippen molar-refractivity contribution in [3.63, 3.8) is 0 Å². The number of rotatable bonds is 6. The molecule has 0 radical (unpaired) electrons. The van der Waals surface area contributed by atoms with E-state index in [2.05, 4.69) is 5.32 Å². The van der Waals surface area contributed by atoms with Gasteiger partial charge in [0.1, 0.15) is 17.2 Å². The van der Waals surface area contributed by atoms with E-state index in [1.165, 1.54) is 0 Å². The van der Waals surface area contributed by atoms with Gasteiger partial charge in [-0.15, -0.1) is 0 Å². The van der Waals surface area contributed by atoms with Gasteiger partial charge in [0.05, 0.1) is 27.0 Å². The van der Waals surface area contributed by atoms with Gasteiger partial charge in [0.15, 0.2) is 0 Å². The molecule has 4 nitrogen and oxygen atoms in total. The molecule has 0 unspecified atom stereocenters. The van der Waals surface area contributed by atoms with Crippen LogP contribution in [0.2, 0.25) is 5.02 Å². The van der Waals surface area contributed by atoms with Crippen LogP contribution in [0.15, 0.2) is 36.4 Å². The molecule has 0 saturated carbocycles. The summed E-state index contributed by atoms with van der Waals surface area (Å²) in [4.78, 5) is 0. The largest absolute Gasteiger partial charge is 0.497 e. The van der Waals surface area contributed by atoms with Crippen LogP contribution in [0.3, 0.4) is 0 Å². The fourth-order valence-electron chi connectivity index (χ4n) is 2.03. The Morgan fingerprint density at radius 1 is 0.905 bits per heavy atom. The number of anilines is 1. The van der Waals surface area contributed by atoms with Crippen LogP contribution in [0.1, 0.15) is 5.56 Å². The second-order valence-corrected chi connectivity index (χ2v) is 4.81. The van der Waals surface area contributed by atoms with Crippen LogP contribution in [0.25, 0.3) is 0 Å². The summed E-state index contributed by atoms with van der Waals surface area (Å²) in [5.41, 5.74) is 1.81. The van der Waals surface area contributed by atoms with Crippen LogP contribution in [-0.2, 0) is 6.54 Å². The highest BCUT2D eigenvalue weighted by Crippen LogP contribution is 2.30. The lowest BCUT2D eigenvalue weighted by Gasteiger charge is -2.14. The number of nitrogens with one attached hydrogen (secondary N) is 1. The third-order valence-electron chi connectivity index (χ3n) is 3.12.